The van der Waals surface area contributed by atoms with Crippen molar-refractivity contribution in [2.75, 3.05) is 12.8 Å². The first-order chi connectivity index (χ1) is 8.19. The molecule has 1 saturated carbocycles. The molecule has 0 aromatic carbocycles. The van der Waals surface area contributed by atoms with Crippen molar-refractivity contribution in [3.05, 3.63) is 24.0 Å². The minimum Gasteiger partial charge on any atom is -0.397 e. The molecule has 1 aromatic rings. The van der Waals surface area contributed by atoms with Crippen molar-refractivity contribution in [2.45, 2.75) is 31.4 Å². The molecule has 5 nitrogen and oxygen atoms in total. The van der Waals surface area contributed by atoms with Gasteiger partial charge < -0.3 is 15.8 Å². The highest BCUT2D eigenvalue weighted by Gasteiger charge is 2.26. The van der Waals surface area contributed by atoms with Crippen molar-refractivity contribution in [3.8, 4) is 0 Å². The molecule has 1 aliphatic carbocycles. The number of anilines is 1. The maximum Gasteiger partial charge on any atom is 0.270 e. The molecule has 3 N–H and O–H groups in total. The molecule has 0 bridgehead atoms. The van der Waals surface area contributed by atoms with E-state index >= 15 is 0 Å². The van der Waals surface area contributed by atoms with Crippen LogP contribution in [0.15, 0.2) is 18.3 Å². The predicted molar refractivity (Wildman–Crippen MR) is 64.6 cm³/mol. The molecule has 1 heterocycles. The molecule has 2 rings (SSSR count). The summed E-state index contributed by atoms with van der Waals surface area (Å²) in [6.07, 6.45) is 4.58. The number of amides is 1. The van der Waals surface area contributed by atoms with Crippen molar-refractivity contribution < 1.29 is 9.53 Å². The number of nitrogens with one attached hydrogen (secondary N) is 1. The zero-order valence-corrected chi connectivity index (χ0v) is 9.85. The lowest BCUT2D eigenvalue weighted by Gasteiger charge is -2.12. The number of carbonyl (C=O) groups is 1. The van der Waals surface area contributed by atoms with Crippen molar-refractivity contribution in [1.29, 1.82) is 0 Å². The Labute approximate surface area is 100 Å². The highest BCUT2D eigenvalue weighted by molar-refractivity contribution is 5.92. The van der Waals surface area contributed by atoms with E-state index in [4.69, 9.17) is 10.5 Å². The van der Waals surface area contributed by atoms with Gasteiger partial charge in [0.1, 0.15) is 5.69 Å². The number of aromatic nitrogens is 1. The summed E-state index contributed by atoms with van der Waals surface area (Å²) < 4.78 is 5.26. The van der Waals surface area contributed by atoms with Crippen LogP contribution < -0.4 is 11.1 Å². The van der Waals surface area contributed by atoms with Gasteiger partial charge in [-0.25, -0.2) is 4.98 Å². The zero-order valence-electron chi connectivity index (χ0n) is 9.85. The van der Waals surface area contributed by atoms with E-state index in [0.29, 0.717) is 11.4 Å². The monoisotopic (exact) mass is 235 g/mol. The van der Waals surface area contributed by atoms with E-state index in [-0.39, 0.29) is 18.1 Å². The standard InChI is InChI=1S/C12H17N3O2/c1-17-10-4-3-9(6-10)15-12(16)11-5-2-8(13)7-14-11/h2,5,7,9-10H,3-4,6,13H2,1H3,(H,15,16). The molecule has 1 aromatic heterocycles. The van der Waals surface area contributed by atoms with E-state index in [0.717, 1.165) is 19.3 Å². The van der Waals surface area contributed by atoms with Crippen molar-refractivity contribution in [1.82, 2.24) is 10.3 Å². The van der Waals surface area contributed by atoms with Gasteiger partial charge in [-0.15, -0.1) is 0 Å². The van der Waals surface area contributed by atoms with E-state index in [1.54, 1.807) is 19.2 Å². The van der Waals surface area contributed by atoms with Crippen molar-refractivity contribution in [3.63, 3.8) is 0 Å². The summed E-state index contributed by atoms with van der Waals surface area (Å²) in [5.41, 5.74) is 6.48. The van der Waals surface area contributed by atoms with Gasteiger partial charge in [0.15, 0.2) is 0 Å². The summed E-state index contributed by atoms with van der Waals surface area (Å²) in [6.45, 7) is 0. The number of pyridine rings is 1. The first kappa shape index (κ1) is 11.9. The van der Waals surface area contributed by atoms with Gasteiger partial charge in [-0.1, -0.05) is 0 Å². The van der Waals surface area contributed by atoms with Gasteiger partial charge in [-0.2, -0.15) is 0 Å². The van der Waals surface area contributed by atoms with Gasteiger partial charge in [0.25, 0.3) is 5.91 Å². The number of carbonyl (C=O) groups excluding carboxylic acids is 1. The second-order valence-corrected chi connectivity index (χ2v) is 4.32. The molecule has 2 atom stereocenters. The molecular formula is C12H17N3O2. The Morgan fingerprint density at radius 2 is 2.35 bits per heavy atom. The molecule has 0 aliphatic heterocycles. The number of hydrogen-bond donors (Lipinski definition) is 2. The number of nitrogen functional groups attached to an aromatic ring is 1. The van der Waals surface area contributed by atoms with Crippen LogP contribution in [0.25, 0.3) is 0 Å². The summed E-state index contributed by atoms with van der Waals surface area (Å²) >= 11 is 0. The van der Waals surface area contributed by atoms with Crippen molar-refractivity contribution in [2.24, 2.45) is 0 Å². The van der Waals surface area contributed by atoms with Crippen LogP contribution in [0.4, 0.5) is 5.69 Å². The Morgan fingerprint density at radius 3 is 2.94 bits per heavy atom. The molecule has 17 heavy (non-hydrogen) atoms. The lowest BCUT2D eigenvalue weighted by Crippen LogP contribution is -2.33. The quantitative estimate of drug-likeness (QED) is 0.818. The molecule has 5 heteroatoms. The number of nitrogens with zero attached hydrogens (tertiary/aromatic N) is 1. The molecule has 2 unspecified atom stereocenters. The molecule has 1 amide bonds. The summed E-state index contributed by atoms with van der Waals surface area (Å²) in [6, 6.07) is 3.49. The summed E-state index contributed by atoms with van der Waals surface area (Å²) in [5, 5.41) is 2.96. The number of nitrogens with two attached hydrogens (primary N) is 1. The van der Waals surface area contributed by atoms with Crippen LogP contribution in [-0.4, -0.2) is 30.1 Å². The normalized spacial score (nSPS) is 23.6. The summed E-state index contributed by atoms with van der Waals surface area (Å²) in [7, 11) is 1.70. The van der Waals surface area contributed by atoms with Crippen LogP contribution in [0, 0.1) is 0 Å². The van der Waals surface area contributed by atoms with E-state index in [9.17, 15) is 4.79 Å². The second-order valence-electron chi connectivity index (χ2n) is 4.32. The molecule has 0 spiro atoms. The fraction of sp³-hybridized carbons (Fsp3) is 0.500. The Morgan fingerprint density at radius 1 is 1.53 bits per heavy atom. The van der Waals surface area contributed by atoms with Crippen LogP contribution in [0.5, 0.6) is 0 Å². The highest BCUT2D eigenvalue weighted by Crippen LogP contribution is 2.21. The van der Waals surface area contributed by atoms with Crippen LogP contribution in [0.2, 0.25) is 0 Å². The SMILES string of the molecule is COC1CCC(NC(=O)c2ccc(N)cn2)C1. The fourth-order valence-electron chi connectivity index (χ4n) is 2.08. The lowest BCUT2D eigenvalue weighted by molar-refractivity contribution is 0.0910. The third kappa shape index (κ3) is 2.94. The van der Waals surface area contributed by atoms with Crippen LogP contribution in [-0.2, 0) is 4.74 Å². The predicted octanol–water partition coefficient (Wildman–Crippen LogP) is 0.961. The fourth-order valence-corrected chi connectivity index (χ4v) is 2.08. The number of hydrogen-bond acceptors (Lipinski definition) is 4. The summed E-state index contributed by atoms with van der Waals surface area (Å²) in [5.74, 6) is -0.147. The van der Waals surface area contributed by atoms with Gasteiger partial charge >= 0.3 is 0 Å². The minimum absolute atomic E-state index is 0.147. The molecule has 0 radical (unpaired) electrons. The maximum absolute atomic E-state index is 11.9. The van der Waals surface area contributed by atoms with Gasteiger partial charge in [0.05, 0.1) is 18.0 Å². The van der Waals surface area contributed by atoms with Crippen molar-refractivity contribution >= 4 is 11.6 Å². The second kappa shape index (κ2) is 5.14. The highest BCUT2D eigenvalue weighted by atomic mass is 16.5. The first-order valence-corrected chi connectivity index (χ1v) is 5.74. The van der Waals surface area contributed by atoms with Gasteiger partial charge in [-0.05, 0) is 31.4 Å². The van der Waals surface area contributed by atoms with Gasteiger partial charge in [0.2, 0.25) is 0 Å². The van der Waals surface area contributed by atoms with E-state index in [1.165, 1.54) is 6.20 Å². The molecular weight excluding hydrogens is 218 g/mol. The molecule has 0 saturated heterocycles. The number of ether oxygens (including phenoxy) is 1. The number of methoxy groups -OCH3 is 1. The lowest BCUT2D eigenvalue weighted by atomic mass is 10.2. The zero-order chi connectivity index (χ0) is 12.3. The topological polar surface area (TPSA) is 77.2 Å². The largest absolute Gasteiger partial charge is 0.397 e. The Balaban J connectivity index is 1.91. The van der Waals surface area contributed by atoms with Crippen LogP contribution in [0.1, 0.15) is 29.8 Å². The van der Waals surface area contributed by atoms with E-state index < -0.39 is 0 Å². The average molecular weight is 235 g/mol. The Bertz CT molecular complexity index is 391. The molecule has 1 aliphatic rings. The van der Waals surface area contributed by atoms with Crippen LogP contribution >= 0.6 is 0 Å². The Hall–Kier alpha value is -1.62. The Kier molecular flexibility index (Phi) is 3.58. The van der Waals surface area contributed by atoms with E-state index in [1.807, 2.05) is 0 Å². The molecule has 92 valence electrons. The van der Waals surface area contributed by atoms with E-state index in [2.05, 4.69) is 10.3 Å². The maximum atomic E-state index is 11.9. The third-order valence-electron chi connectivity index (χ3n) is 3.07. The molecule has 1 fully saturated rings. The number of rotatable bonds is 3. The summed E-state index contributed by atoms with van der Waals surface area (Å²) in [4.78, 5) is 15.8. The average Bonchev–Trinajstić information content (AvgIpc) is 2.77. The van der Waals surface area contributed by atoms with Crippen LogP contribution in [0.3, 0.4) is 0 Å². The minimum atomic E-state index is -0.147. The van der Waals surface area contributed by atoms with Gasteiger partial charge in [-0.3, -0.25) is 4.79 Å². The third-order valence-corrected chi connectivity index (χ3v) is 3.07. The smallest absolute Gasteiger partial charge is 0.270 e. The first-order valence-electron chi connectivity index (χ1n) is 5.74. The van der Waals surface area contributed by atoms with Gasteiger partial charge in [0, 0.05) is 13.2 Å².